The van der Waals surface area contributed by atoms with Crippen LogP contribution in [0.2, 0.25) is 0 Å². The molecule has 1 heterocycles. The number of rotatable bonds is 5. The van der Waals surface area contributed by atoms with Gasteiger partial charge in [-0.2, -0.15) is 4.98 Å². The Morgan fingerprint density at radius 1 is 1.30 bits per heavy atom. The third-order valence-electron chi connectivity index (χ3n) is 2.97. The van der Waals surface area contributed by atoms with E-state index in [1.165, 1.54) is 0 Å². The summed E-state index contributed by atoms with van der Waals surface area (Å²) < 4.78 is 10.8. The van der Waals surface area contributed by atoms with E-state index in [0.29, 0.717) is 17.5 Å². The first-order valence-corrected chi connectivity index (χ1v) is 6.71. The lowest BCUT2D eigenvalue weighted by atomic mass is 10.1. The summed E-state index contributed by atoms with van der Waals surface area (Å²) in [6.45, 7) is 7.88. The highest BCUT2D eigenvalue weighted by Crippen LogP contribution is 2.27. The SMILES string of the molecule is Cc1ccc(C(C)O)c(OCc2nc(C(C)C)no2)c1. The molecule has 1 atom stereocenters. The largest absolute Gasteiger partial charge is 0.483 e. The molecule has 1 aromatic heterocycles. The van der Waals surface area contributed by atoms with Gasteiger partial charge >= 0.3 is 0 Å². The molecule has 0 amide bonds. The first kappa shape index (κ1) is 14.5. The van der Waals surface area contributed by atoms with Crippen molar-refractivity contribution in [3.8, 4) is 5.75 Å². The minimum absolute atomic E-state index is 0.197. The molecule has 5 nitrogen and oxygen atoms in total. The number of hydrogen-bond acceptors (Lipinski definition) is 5. The van der Waals surface area contributed by atoms with Crippen molar-refractivity contribution in [2.24, 2.45) is 0 Å². The topological polar surface area (TPSA) is 68.4 Å². The van der Waals surface area contributed by atoms with Gasteiger partial charge in [0.15, 0.2) is 12.4 Å². The quantitative estimate of drug-likeness (QED) is 0.908. The van der Waals surface area contributed by atoms with Gasteiger partial charge in [-0.05, 0) is 25.5 Å². The second-order valence-corrected chi connectivity index (χ2v) is 5.21. The summed E-state index contributed by atoms with van der Waals surface area (Å²) in [5.74, 6) is 1.97. The van der Waals surface area contributed by atoms with Crippen LogP contribution >= 0.6 is 0 Å². The van der Waals surface area contributed by atoms with Gasteiger partial charge in [-0.1, -0.05) is 31.1 Å². The van der Waals surface area contributed by atoms with Gasteiger partial charge in [-0.3, -0.25) is 0 Å². The van der Waals surface area contributed by atoms with Crippen molar-refractivity contribution in [2.75, 3.05) is 0 Å². The predicted molar refractivity (Wildman–Crippen MR) is 74.5 cm³/mol. The molecule has 2 aromatic rings. The van der Waals surface area contributed by atoms with Gasteiger partial charge in [0.05, 0.1) is 6.10 Å². The zero-order valence-corrected chi connectivity index (χ0v) is 12.3. The summed E-state index contributed by atoms with van der Waals surface area (Å²) in [7, 11) is 0. The van der Waals surface area contributed by atoms with Crippen molar-refractivity contribution in [1.29, 1.82) is 0 Å². The Morgan fingerprint density at radius 3 is 2.65 bits per heavy atom. The van der Waals surface area contributed by atoms with Gasteiger partial charge < -0.3 is 14.4 Å². The van der Waals surface area contributed by atoms with E-state index < -0.39 is 6.10 Å². The minimum Gasteiger partial charge on any atom is -0.483 e. The van der Waals surface area contributed by atoms with Crippen LogP contribution in [0.4, 0.5) is 0 Å². The van der Waals surface area contributed by atoms with Crippen LogP contribution in [-0.4, -0.2) is 15.2 Å². The van der Waals surface area contributed by atoms with E-state index in [-0.39, 0.29) is 12.5 Å². The summed E-state index contributed by atoms with van der Waals surface area (Å²) in [5.41, 5.74) is 1.82. The van der Waals surface area contributed by atoms with Crippen LogP contribution in [0.25, 0.3) is 0 Å². The molecule has 20 heavy (non-hydrogen) atoms. The van der Waals surface area contributed by atoms with E-state index >= 15 is 0 Å². The zero-order valence-electron chi connectivity index (χ0n) is 12.3. The number of aliphatic hydroxyl groups is 1. The third-order valence-corrected chi connectivity index (χ3v) is 2.97. The minimum atomic E-state index is -0.584. The molecule has 0 aliphatic rings. The number of aliphatic hydroxyl groups excluding tert-OH is 1. The van der Waals surface area contributed by atoms with Gasteiger partial charge in [0.2, 0.25) is 0 Å². The van der Waals surface area contributed by atoms with E-state index in [4.69, 9.17) is 9.26 Å². The summed E-state index contributed by atoms with van der Waals surface area (Å²) in [5, 5.41) is 13.6. The molecular weight excluding hydrogens is 256 g/mol. The fraction of sp³-hybridized carbons (Fsp3) is 0.467. The van der Waals surface area contributed by atoms with Crippen LogP contribution in [0.5, 0.6) is 5.75 Å². The van der Waals surface area contributed by atoms with Crippen LogP contribution in [0, 0.1) is 6.92 Å². The first-order chi connectivity index (χ1) is 9.47. The average Bonchev–Trinajstić information content (AvgIpc) is 2.85. The lowest BCUT2D eigenvalue weighted by molar-refractivity contribution is 0.185. The van der Waals surface area contributed by atoms with Crippen LogP contribution in [-0.2, 0) is 6.61 Å². The molecule has 108 valence electrons. The summed E-state index contributed by atoms with van der Waals surface area (Å²) in [6.07, 6.45) is -0.584. The van der Waals surface area contributed by atoms with E-state index in [0.717, 1.165) is 11.1 Å². The molecule has 1 N–H and O–H groups in total. The monoisotopic (exact) mass is 276 g/mol. The highest BCUT2D eigenvalue weighted by atomic mass is 16.5. The smallest absolute Gasteiger partial charge is 0.264 e. The number of ether oxygens (including phenoxy) is 1. The van der Waals surface area contributed by atoms with Gasteiger partial charge in [0, 0.05) is 11.5 Å². The molecule has 2 rings (SSSR count). The molecule has 0 spiro atoms. The van der Waals surface area contributed by atoms with Crippen LogP contribution in [0.3, 0.4) is 0 Å². The summed E-state index contributed by atoms with van der Waals surface area (Å²) in [6, 6.07) is 5.70. The number of benzene rings is 1. The Morgan fingerprint density at radius 2 is 2.05 bits per heavy atom. The van der Waals surface area contributed by atoms with Crippen molar-refractivity contribution in [2.45, 2.75) is 46.3 Å². The molecular formula is C15H20N2O3. The maximum atomic E-state index is 9.74. The molecule has 5 heteroatoms. The summed E-state index contributed by atoms with van der Waals surface area (Å²) in [4.78, 5) is 4.26. The number of nitrogens with zero attached hydrogens (tertiary/aromatic N) is 2. The third kappa shape index (κ3) is 3.36. The Labute approximate surface area is 118 Å². The molecule has 0 aliphatic carbocycles. The van der Waals surface area contributed by atoms with Crippen molar-refractivity contribution >= 4 is 0 Å². The Bertz CT molecular complexity index is 576. The first-order valence-electron chi connectivity index (χ1n) is 6.71. The number of aryl methyl sites for hydroxylation is 1. The van der Waals surface area contributed by atoms with Crippen molar-refractivity contribution in [1.82, 2.24) is 10.1 Å². The average molecular weight is 276 g/mol. The second-order valence-electron chi connectivity index (χ2n) is 5.21. The van der Waals surface area contributed by atoms with Gasteiger partial charge in [0.25, 0.3) is 5.89 Å². The van der Waals surface area contributed by atoms with Gasteiger partial charge in [-0.25, -0.2) is 0 Å². The van der Waals surface area contributed by atoms with Crippen molar-refractivity contribution in [3.63, 3.8) is 0 Å². The van der Waals surface area contributed by atoms with E-state index in [9.17, 15) is 5.11 Å². The van der Waals surface area contributed by atoms with Crippen molar-refractivity contribution < 1.29 is 14.4 Å². The molecule has 0 saturated carbocycles. The van der Waals surface area contributed by atoms with Crippen LogP contribution < -0.4 is 4.74 Å². The van der Waals surface area contributed by atoms with E-state index in [2.05, 4.69) is 10.1 Å². The summed E-state index contributed by atoms with van der Waals surface area (Å²) >= 11 is 0. The Balaban J connectivity index is 2.11. The predicted octanol–water partition coefficient (Wildman–Crippen LogP) is 3.13. The van der Waals surface area contributed by atoms with Crippen LogP contribution in [0.1, 0.15) is 55.6 Å². The molecule has 1 unspecified atom stereocenters. The molecule has 0 radical (unpaired) electrons. The highest BCUT2D eigenvalue weighted by molar-refractivity contribution is 5.38. The normalized spacial score (nSPS) is 12.7. The van der Waals surface area contributed by atoms with E-state index in [1.807, 2.05) is 39.0 Å². The molecule has 1 aromatic carbocycles. The van der Waals surface area contributed by atoms with Gasteiger partial charge in [0.1, 0.15) is 5.75 Å². The van der Waals surface area contributed by atoms with E-state index in [1.54, 1.807) is 6.92 Å². The fourth-order valence-electron chi connectivity index (χ4n) is 1.81. The lowest BCUT2D eigenvalue weighted by Crippen LogP contribution is -2.02. The van der Waals surface area contributed by atoms with Crippen molar-refractivity contribution in [3.05, 3.63) is 41.0 Å². The number of hydrogen-bond donors (Lipinski definition) is 1. The van der Waals surface area contributed by atoms with Gasteiger partial charge in [-0.15, -0.1) is 0 Å². The second kappa shape index (κ2) is 6.05. The highest BCUT2D eigenvalue weighted by Gasteiger charge is 2.13. The lowest BCUT2D eigenvalue weighted by Gasteiger charge is -2.13. The maximum Gasteiger partial charge on any atom is 0.264 e. The number of aromatic nitrogens is 2. The standard InChI is InChI=1S/C15H20N2O3/c1-9(2)15-16-14(20-17-15)8-19-13-7-10(3)5-6-12(13)11(4)18/h5-7,9,11,18H,8H2,1-4H3. The van der Waals surface area contributed by atoms with Crippen LogP contribution in [0.15, 0.2) is 22.7 Å². The molecule has 0 saturated heterocycles. The molecule has 0 bridgehead atoms. The molecule has 0 aliphatic heterocycles. The Hall–Kier alpha value is -1.88. The fourth-order valence-corrected chi connectivity index (χ4v) is 1.81. The molecule has 0 fully saturated rings. The zero-order chi connectivity index (χ0) is 14.7. The Kier molecular flexibility index (Phi) is 4.39. The maximum absolute atomic E-state index is 9.74.